The van der Waals surface area contributed by atoms with Gasteiger partial charge in [0.15, 0.2) is 5.69 Å². The molecule has 23 heavy (non-hydrogen) atoms. The molecule has 0 atom stereocenters. The molecule has 0 fully saturated rings. The molecule has 2 heterocycles. The molecule has 0 radical (unpaired) electrons. The van der Waals surface area contributed by atoms with Gasteiger partial charge in [0.2, 0.25) is 5.82 Å². The number of nitrogens with one attached hydrogen (secondary N) is 1. The van der Waals surface area contributed by atoms with E-state index in [0.29, 0.717) is 24.0 Å². The van der Waals surface area contributed by atoms with Gasteiger partial charge in [0.1, 0.15) is 12.4 Å². The second-order valence-electron chi connectivity index (χ2n) is 5.54. The third-order valence-electron chi connectivity index (χ3n) is 3.27. The molecule has 2 aromatic heterocycles. The van der Waals surface area contributed by atoms with E-state index in [9.17, 15) is 0 Å². The molecule has 7 nitrogen and oxygen atoms in total. The van der Waals surface area contributed by atoms with Gasteiger partial charge < -0.3 is 14.2 Å². The fraction of sp³-hybridized carbons (Fsp3) is 0.312. The largest absolute Gasteiger partial charge is 0.492 e. The van der Waals surface area contributed by atoms with Crippen molar-refractivity contribution in [2.75, 3.05) is 27.2 Å². The summed E-state index contributed by atoms with van der Waals surface area (Å²) in [5, 5.41) is 11.0. The lowest BCUT2D eigenvalue weighted by Crippen LogP contribution is -2.19. The summed E-state index contributed by atoms with van der Waals surface area (Å²) in [6.07, 6.45) is 0. The summed E-state index contributed by atoms with van der Waals surface area (Å²) in [5.41, 5.74) is 2.45. The quantitative estimate of drug-likeness (QED) is 0.752. The predicted octanol–water partition coefficient (Wildman–Crippen LogP) is 2.38. The van der Waals surface area contributed by atoms with Crippen LogP contribution in [-0.4, -0.2) is 52.5 Å². The first-order valence-electron chi connectivity index (χ1n) is 7.36. The number of rotatable bonds is 6. The Morgan fingerprint density at radius 1 is 1.22 bits per heavy atom. The van der Waals surface area contributed by atoms with Crippen LogP contribution in [0.5, 0.6) is 5.75 Å². The molecule has 0 unspecified atom stereocenters. The van der Waals surface area contributed by atoms with E-state index in [4.69, 9.17) is 9.26 Å². The van der Waals surface area contributed by atoms with Crippen LogP contribution in [0.1, 0.15) is 5.69 Å². The van der Waals surface area contributed by atoms with Gasteiger partial charge in [-0.2, -0.15) is 10.1 Å². The van der Waals surface area contributed by atoms with E-state index in [1.165, 1.54) is 0 Å². The molecule has 120 valence electrons. The van der Waals surface area contributed by atoms with E-state index < -0.39 is 0 Å². The minimum atomic E-state index is 0.399. The highest BCUT2D eigenvalue weighted by molar-refractivity contribution is 5.58. The molecule has 1 N–H and O–H groups in total. The SMILES string of the molecule is Cc1cc(-c2nc(-c3ccc(OCCN(C)C)cc3)no2)n[nH]1. The fourth-order valence-corrected chi connectivity index (χ4v) is 2.02. The maximum absolute atomic E-state index is 5.66. The average Bonchev–Trinajstić information content (AvgIpc) is 3.16. The molecule has 0 aliphatic rings. The van der Waals surface area contributed by atoms with Crippen molar-refractivity contribution < 1.29 is 9.26 Å². The number of ether oxygens (including phenoxy) is 1. The van der Waals surface area contributed by atoms with Crippen LogP contribution < -0.4 is 4.74 Å². The molecule has 0 saturated carbocycles. The molecule has 0 aliphatic heterocycles. The lowest BCUT2D eigenvalue weighted by atomic mass is 10.2. The van der Waals surface area contributed by atoms with Gasteiger partial charge in [-0.15, -0.1) is 0 Å². The number of benzene rings is 1. The van der Waals surface area contributed by atoms with Gasteiger partial charge in [-0.3, -0.25) is 5.10 Å². The van der Waals surface area contributed by atoms with Crippen molar-refractivity contribution in [1.82, 2.24) is 25.2 Å². The summed E-state index contributed by atoms with van der Waals surface area (Å²) in [6.45, 7) is 3.44. The second-order valence-corrected chi connectivity index (χ2v) is 5.54. The standard InChI is InChI=1S/C16H19N5O2/c1-11-10-14(19-18-11)16-17-15(20-23-16)12-4-6-13(7-5-12)22-9-8-21(2)3/h4-7,10H,8-9H2,1-3H3,(H,18,19). The Bertz CT molecular complexity index is 761. The number of nitrogens with zero attached hydrogens (tertiary/aromatic N) is 4. The first-order valence-corrected chi connectivity index (χ1v) is 7.36. The molecular formula is C16H19N5O2. The number of aromatic nitrogens is 4. The smallest absolute Gasteiger partial charge is 0.278 e. The number of hydrogen-bond acceptors (Lipinski definition) is 6. The fourth-order valence-electron chi connectivity index (χ4n) is 2.02. The Morgan fingerprint density at radius 3 is 2.65 bits per heavy atom. The van der Waals surface area contributed by atoms with Gasteiger partial charge in [-0.05, 0) is 51.4 Å². The highest BCUT2D eigenvalue weighted by Crippen LogP contribution is 2.23. The van der Waals surface area contributed by atoms with Gasteiger partial charge in [0, 0.05) is 17.8 Å². The molecule has 3 aromatic rings. The van der Waals surface area contributed by atoms with Crippen molar-refractivity contribution in [3.05, 3.63) is 36.0 Å². The molecule has 0 saturated heterocycles. The van der Waals surface area contributed by atoms with Crippen LogP contribution in [-0.2, 0) is 0 Å². The van der Waals surface area contributed by atoms with Crippen molar-refractivity contribution in [2.45, 2.75) is 6.92 Å². The van der Waals surface area contributed by atoms with Crippen LogP contribution in [0, 0.1) is 6.92 Å². The van der Waals surface area contributed by atoms with Crippen LogP contribution in [0.4, 0.5) is 0 Å². The zero-order valence-electron chi connectivity index (χ0n) is 13.4. The third kappa shape index (κ3) is 3.75. The van der Waals surface area contributed by atoms with Crippen molar-refractivity contribution in [3.63, 3.8) is 0 Å². The molecule has 0 aliphatic carbocycles. The van der Waals surface area contributed by atoms with Gasteiger partial charge in [-0.1, -0.05) is 5.16 Å². The summed E-state index contributed by atoms with van der Waals surface area (Å²) >= 11 is 0. The van der Waals surface area contributed by atoms with Crippen LogP contribution in [0.3, 0.4) is 0 Å². The summed E-state index contributed by atoms with van der Waals surface area (Å²) in [6, 6.07) is 9.49. The second kappa shape index (κ2) is 6.62. The minimum Gasteiger partial charge on any atom is -0.492 e. The molecule has 0 amide bonds. The highest BCUT2D eigenvalue weighted by Gasteiger charge is 2.13. The van der Waals surface area contributed by atoms with Crippen molar-refractivity contribution in [1.29, 1.82) is 0 Å². The van der Waals surface area contributed by atoms with Crippen LogP contribution in [0.15, 0.2) is 34.9 Å². The van der Waals surface area contributed by atoms with Crippen LogP contribution in [0.25, 0.3) is 23.0 Å². The van der Waals surface area contributed by atoms with E-state index in [2.05, 4.69) is 25.2 Å². The third-order valence-corrected chi connectivity index (χ3v) is 3.27. The number of likely N-dealkylation sites (N-methyl/N-ethyl adjacent to an activating group) is 1. The van der Waals surface area contributed by atoms with Crippen molar-refractivity contribution >= 4 is 0 Å². The Labute approximate surface area is 134 Å². The number of H-pyrrole nitrogens is 1. The lowest BCUT2D eigenvalue weighted by Gasteiger charge is -2.10. The molecule has 0 spiro atoms. The Morgan fingerprint density at radius 2 is 2.00 bits per heavy atom. The first kappa shape index (κ1) is 15.2. The Hall–Kier alpha value is -2.67. The summed E-state index contributed by atoms with van der Waals surface area (Å²) in [5.74, 6) is 1.75. The number of aromatic amines is 1. The van der Waals surface area contributed by atoms with E-state index >= 15 is 0 Å². The minimum absolute atomic E-state index is 0.399. The summed E-state index contributed by atoms with van der Waals surface area (Å²) in [4.78, 5) is 6.45. The van der Waals surface area contributed by atoms with Gasteiger partial charge in [-0.25, -0.2) is 0 Å². The normalized spacial score (nSPS) is 11.1. The monoisotopic (exact) mass is 313 g/mol. The summed E-state index contributed by atoms with van der Waals surface area (Å²) in [7, 11) is 4.03. The van der Waals surface area contributed by atoms with E-state index in [-0.39, 0.29) is 0 Å². The molecule has 1 aromatic carbocycles. The van der Waals surface area contributed by atoms with Crippen molar-refractivity contribution in [3.8, 4) is 28.7 Å². The zero-order valence-corrected chi connectivity index (χ0v) is 13.4. The van der Waals surface area contributed by atoms with Gasteiger partial charge >= 0.3 is 0 Å². The maximum Gasteiger partial charge on any atom is 0.278 e. The molecule has 0 bridgehead atoms. The molecular weight excluding hydrogens is 294 g/mol. The van der Waals surface area contributed by atoms with E-state index in [1.54, 1.807) is 0 Å². The molecule has 7 heteroatoms. The van der Waals surface area contributed by atoms with Gasteiger partial charge in [0.05, 0.1) is 0 Å². The number of hydrogen-bond donors (Lipinski definition) is 1. The molecule has 3 rings (SSSR count). The topological polar surface area (TPSA) is 80.1 Å². The zero-order chi connectivity index (χ0) is 16.2. The van der Waals surface area contributed by atoms with E-state index in [1.807, 2.05) is 51.4 Å². The van der Waals surface area contributed by atoms with E-state index in [0.717, 1.165) is 23.6 Å². The Kier molecular flexibility index (Phi) is 4.38. The lowest BCUT2D eigenvalue weighted by molar-refractivity contribution is 0.261. The highest BCUT2D eigenvalue weighted by atomic mass is 16.5. The summed E-state index contributed by atoms with van der Waals surface area (Å²) < 4.78 is 10.9. The predicted molar refractivity (Wildman–Crippen MR) is 86.1 cm³/mol. The Balaban J connectivity index is 1.69. The average molecular weight is 313 g/mol. The van der Waals surface area contributed by atoms with Gasteiger partial charge in [0.25, 0.3) is 5.89 Å². The van der Waals surface area contributed by atoms with Crippen LogP contribution in [0.2, 0.25) is 0 Å². The van der Waals surface area contributed by atoms with Crippen molar-refractivity contribution in [2.24, 2.45) is 0 Å². The van der Waals surface area contributed by atoms with Crippen LogP contribution >= 0.6 is 0 Å². The number of aryl methyl sites for hydroxylation is 1. The maximum atomic E-state index is 5.66. The first-order chi connectivity index (χ1) is 11.1.